The molecule has 8 heteroatoms. The van der Waals surface area contributed by atoms with E-state index in [0.717, 1.165) is 10.5 Å². The normalized spacial score (nSPS) is 17.9. The highest BCUT2D eigenvalue weighted by atomic mass is 32.2. The molecule has 0 radical (unpaired) electrons. The Morgan fingerprint density at radius 3 is 2.68 bits per heavy atom. The van der Waals surface area contributed by atoms with Crippen LogP contribution in [0.2, 0.25) is 0 Å². The van der Waals surface area contributed by atoms with E-state index in [-0.39, 0.29) is 36.7 Å². The molecular weight excluding hydrogens is 380 g/mol. The molecular formula is C20H18N2O5S. The molecule has 28 heavy (non-hydrogen) atoms. The number of carbonyl (C=O) groups is 3. The minimum absolute atomic E-state index is 0.0652. The maximum Gasteiger partial charge on any atom is 0.247 e. The Morgan fingerprint density at radius 2 is 1.89 bits per heavy atom. The molecule has 2 heterocycles. The first kappa shape index (κ1) is 18.4. The predicted octanol–water partition coefficient (Wildman–Crippen LogP) is 2.73. The summed E-state index contributed by atoms with van der Waals surface area (Å²) in [6.45, 7) is 2.09. The molecule has 144 valence electrons. The molecule has 1 saturated heterocycles. The van der Waals surface area contributed by atoms with Gasteiger partial charge in [0.2, 0.25) is 24.5 Å². The lowest BCUT2D eigenvalue weighted by Crippen LogP contribution is -2.31. The molecule has 1 atom stereocenters. The third-order valence-corrected chi connectivity index (χ3v) is 5.67. The fourth-order valence-corrected chi connectivity index (χ4v) is 3.97. The fourth-order valence-electron chi connectivity index (χ4n) is 3.04. The second-order valence-electron chi connectivity index (χ2n) is 6.52. The van der Waals surface area contributed by atoms with Gasteiger partial charge in [0.1, 0.15) is 0 Å². The van der Waals surface area contributed by atoms with E-state index in [9.17, 15) is 14.4 Å². The summed E-state index contributed by atoms with van der Waals surface area (Å²) in [5, 5.41) is 2.21. The molecule has 3 amide bonds. The third kappa shape index (κ3) is 3.68. The number of thioether (sulfide) groups is 1. The summed E-state index contributed by atoms with van der Waals surface area (Å²) in [4.78, 5) is 38.4. The number of nitrogens with one attached hydrogen (secondary N) is 1. The van der Waals surface area contributed by atoms with Crippen LogP contribution in [0.5, 0.6) is 11.5 Å². The summed E-state index contributed by atoms with van der Waals surface area (Å²) in [5.74, 6) is 0.355. The van der Waals surface area contributed by atoms with E-state index in [2.05, 4.69) is 5.32 Å². The molecule has 0 unspecified atom stereocenters. The first-order valence-electron chi connectivity index (χ1n) is 8.76. The van der Waals surface area contributed by atoms with Gasteiger partial charge in [0.15, 0.2) is 11.5 Å². The van der Waals surface area contributed by atoms with Crippen LogP contribution in [0.3, 0.4) is 0 Å². The van der Waals surface area contributed by atoms with Crippen molar-refractivity contribution in [3.63, 3.8) is 0 Å². The van der Waals surface area contributed by atoms with Crippen LogP contribution in [0.1, 0.15) is 12.0 Å². The lowest BCUT2D eigenvalue weighted by Gasteiger charge is -2.15. The number of benzene rings is 2. The monoisotopic (exact) mass is 398 g/mol. The molecule has 2 aromatic rings. The number of amides is 3. The highest BCUT2D eigenvalue weighted by Crippen LogP contribution is 2.38. The van der Waals surface area contributed by atoms with Gasteiger partial charge in [0, 0.05) is 18.2 Å². The summed E-state index contributed by atoms with van der Waals surface area (Å²) < 4.78 is 10.6. The number of ether oxygens (including phenoxy) is 2. The Hall–Kier alpha value is -3.00. The molecule has 0 spiro atoms. The number of fused-ring (bicyclic) bond motifs is 1. The summed E-state index contributed by atoms with van der Waals surface area (Å²) in [6, 6.07) is 12.4. The highest BCUT2D eigenvalue weighted by molar-refractivity contribution is 8.01. The van der Waals surface area contributed by atoms with E-state index < -0.39 is 5.25 Å². The molecule has 1 fully saturated rings. The van der Waals surface area contributed by atoms with Crippen LogP contribution in [-0.4, -0.2) is 35.5 Å². The third-order valence-electron chi connectivity index (χ3n) is 4.47. The Labute approximate surface area is 166 Å². The van der Waals surface area contributed by atoms with E-state index in [0.29, 0.717) is 22.9 Å². The molecule has 2 aromatic carbocycles. The smallest absolute Gasteiger partial charge is 0.247 e. The Morgan fingerprint density at radius 1 is 1.14 bits per heavy atom. The fraction of sp³-hybridized carbons (Fsp3) is 0.250. The number of imide groups is 1. The zero-order valence-corrected chi connectivity index (χ0v) is 16.0. The summed E-state index contributed by atoms with van der Waals surface area (Å²) in [6.07, 6.45) is 0.0652. The van der Waals surface area contributed by atoms with Crippen molar-refractivity contribution in [2.75, 3.05) is 22.8 Å². The van der Waals surface area contributed by atoms with Crippen LogP contribution < -0.4 is 19.7 Å². The predicted molar refractivity (Wildman–Crippen MR) is 106 cm³/mol. The van der Waals surface area contributed by atoms with Gasteiger partial charge in [0.05, 0.1) is 16.7 Å². The Balaban J connectivity index is 1.37. The van der Waals surface area contributed by atoms with Crippen molar-refractivity contribution in [2.24, 2.45) is 0 Å². The van der Waals surface area contributed by atoms with E-state index in [1.54, 1.807) is 18.2 Å². The number of rotatable bonds is 5. The van der Waals surface area contributed by atoms with Gasteiger partial charge in [-0.2, -0.15) is 0 Å². The lowest BCUT2D eigenvalue weighted by molar-refractivity contribution is -0.121. The molecule has 0 saturated carbocycles. The van der Waals surface area contributed by atoms with Gasteiger partial charge >= 0.3 is 0 Å². The SMILES string of the molecule is Cc1ccc(NC(=O)CS[C@H]2CC(=O)N(c3ccc4c(c3)OCO4)C2=O)cc1. The number of nitrogens with zero attached hydrogens (tertiary/aromatic N) is 1. The topological polar surface area (TPSA) is 84.9 Å². The zero-order chi connectivity index (χ0) is 19.7. The molecule has 0 bridgehead atoms. The number of anilines is 2. The molecule has 0 aliphatic carbocycles. The van der Waals surface area contributed by atoms with E-state index in [1.807, 2.05) is 31.2 Å². The van der Waals surface area contributed by atoms with Crippen LogP contribution in [0.25, 0.3) is 0 Å². The van der Waals surface area contributed by atoms with Crippen LogP contribution >= 0.6 is 11.8 Å². The maximum absolute atomic E-state index is 12.7. The van der Waals surface area contributed by atoms with Gasteiger partial charge in [0.25, 0.3) is 0 Å². The zero-order valence-electron chi connectivity index (χ0n) is 15.1. The Kier molecular flexibility index (Phi) is 4.95. The Bertz CT molecular complexity index is 944. The number of hydrogen-bond acceptors (Lipinski definition) is 6. The minimum Gasteiger partial charge on any atom is -0.454 e. The van der Waals surface area contributed by atoms with Crippen molar-refractivity contribution >= 4 is 40.9 Å². The molecule has 0 aromatic heterocycles. The van der Waals surface area contributed by atoms with Crippen LogP contribution in [0, 0.1) is 6.92 Å². The van der Waals surface area contributed by atoms with Gasteiger partial charge in [-0.05, 0) is 31.2 Å². The van der Waals surface area contributed by atoms with Crippen molar-refractivity contribution in [1.29, 1.82) is 0 Å². The van der Waals surface area contributed by atoms with Crippen LogP contribution in [0.4, 0.5) is 11.4 Å². The average Bonchev–Trinajstić information content (AvgIpc) is 3.25. The average molecular weight is 398 g/mol. The van der Waals surface area contributed by atoms with Gasteiger partial charge in [-0.1, -0.05) is 17.7 Å². The van der Waals surface area contributed by atoms with E-state index in [4.69, 9.17) is 9.47 Å². The minimum atomic E-state index is -0.582. The molecule has 4 rings (SSSR count). The number of hydrogen-bond donors (Lipinski definition) is 1. The summed E-state index contributed by atoms with van der Waals surface area (Å²) in [5.41, 5.74) is 2.25. The second-order valence-corrected chi connectivity index (χ2v) is 7.71. The molecule has 1 N–H and O–H groups in total. The van der Waals surface area contributed by atoms with Gasteiger partial charge in [-0.15, -0.1) is 11.8 Å². The standard InChI is InChI=1S/C20H18N2O5S/c1-12-2-4-13(5-3-12)21-18(23)10-28-17-9-19(24)22(20(17)25)14-6-7-15-16(8-14)27-11-26-15/h2-8,17H,9-11H2,1H3,(H,21,23)/t17-/m0/s1. The quantitative estimate of drug-likeness (QED) is 0.780. The maximum atomic E-state index is 12.7. The number of aryl methyl sites for hydroxylation is 1. The summed E-state index contributed by atoms with van der Waals surface area (Å²) >= 11 is 1.17. The van der Waals surface area contributed by atoms with Crippen molar-refractivity contribution in [3.05, 3.63) is 48.0 Å². The van der Waals surface area contributed by atoms with Gasteiger partial charge in [-0.3, -0.25) is 14.4 Å². The highest BCUT2D eigenvalue weighted by Gasteiger charge is 2.40. The summed E-state index contributed by atoms with van der Waals surface area (Å²) in [7, 11) is 0. The molecule has 2 aliphatic rings. The molecule has 2 aliphatic heterocycles. The first-order valence-corrected chi connectivity index (χ1v) is 9.81. The molecule has 7 nitrogen and oxygen atoms in total. The van der Waals surface area contributed by atoms with Gasteiger partial charge < -0.3 is 14.8 Å². The van der Waals surface area contributed by atoms with Crippen molar-refractivity contribution in [3.8, 4) is 11.5 Å². The van der Waals surface area contributed by atoms with E-state index >= 15 is 0 Å². The van der Waals surface area contributed by atoms with Crippen LogP contribution in [-0.2, 0) is 14.4 Å². The van der Waals surface area contributed by atoms with Crippen molar-refractivity contribution in [1.82, 2.24) is 0 Å². The van der Waals surface area contributed by atoms with Gasteiger partial charge in [-0.25, -0.2) is 4.90 Å². The van der Waals surface area contributed by atoms with Crippen molar-refractivity contribution < 1.29 is 23.9 Å². The first-order chi connectivity index (χ1) is 13.5. The van der Waals surface area contributed by atoms with Crippen molar-refractivity contribution in [2.45, 2.75) is 18.6 Å². The largest absolute Gasteiger partial charge is 0.454 e. The lowest BCUT2D eigenvalue weighted by atomic mass is 10.2. The number of carbonyl (C=O) groups excluding carboxylic acids is 3. The van der Waals surface area contributed by atoms with Crippen LogP contribution in [0.15, 0.2) is 42.5 Å². The second kappa shape index (κ2) is 7.55. The van der Waals surface area contributed by atoms with E-state index in [1.165, 1.54) is 11.8 Å².